The Morgan fingerprint density at radius 3 is 2.68 bits per heavy atom. The third-order valence-corrected chi connectivity index (χ3v) is 3.24. The van der Waals surface area contributed by atoms with E-state index in [-0.39, 0.29) is 11.6 Å². The normalized spacial score (nSPS) is 12.8. The van der Waals surface area contributed by atoms with Gasteiger partial charge in [-0.25, -0.2) is 4.39 Å². The molecule has 0 saturated heterocycles. The minimum absolute atomic E-state index is 0.198. The Morgan fingerprint density at radius 2 is 1.84 bits per heavy atom. The van der Waals surface area contributed by atoms with Crippen molar-refractivity contribution >= 4 is 5.78 Å². The van der Waals surface area contributed by atoms with Gasteiger partial charge >= 0.3 is 0 Å². The molecule has 0 N–H and O–H groups in total. The molecule has 0 amide bonds. The Bertz CT molecular complexity index is 720. The number of carbonyl (C=O) groups is 1. The number of Topliss-reactive ketones (excluding diaryl/α,β-unsaturated/α-hetero) is 1. The molecule has 0 fully saturated rings. The van der Waals surface area contributed by atoms with Crippen molar-refractivity contribution in [2.24, 2.45) is 0 Å². The minimum atomic E-state index is -0.314. The van der Waals surface area contributed by atoms with Crippen LogP contribution in [0.5, 0.6) is 0 Å². The van der Waals surface area contributed by atoms with Gasteiger partial charge in [0.05, 0.1) is 5.56 Å². The fourth-order valence-corrected chi connectivity index (χ4v) is 2.24. The van der Waals surface area contributed by atoms with Gasteiger partial charge in [0, 0.05) is 17.5 Å². The molecule has 0 spiro atoms. The van der Waals surface area contributed by atoms with Gasteiger partial charge in [0.15, 0.2) is 5.78 Å². The molecule has 92 valence electrons. The zero-order chi connectivity index (χ0) is 13.2. The predicted molar refractivity (Wildman–Crippen MR) is 71.5 cm³/mol. The van der Waals surface area contributed by atoms with Crippen molar-refractivity contribution in [1.29, 1.82) is 0 Å². The lowest BCUT2D eigenvalue weighted by Crippen LogP contribution is -1.90. The minimum Gasteiger partial charge on any atom is -0.294 e. The number of benzene rings is 2. The van der Waals surface area contributed by atoms with Crippen LogP contribution in [0.1, 0.15) is 33.5 Å². The summed E-state index contributed by atoms with van der Waals surface area (Å²) in [6.45, 7) is 0. The van der Waals surface area contributed by atoms with Crippen molar-refractivity contribution in [3.8, 4) is 11.8 Å². The van der Waals surface area contributed by atoms with Crippen LogP contribution in [0.15, 0.2) is 42.5 Å². The summed E-state index contributed by atoms with van der Waals surface area (Å²) in [6.07, 6.45) is 1.36. The molecule has 1 nitrogen and oxygen atoms in total. The molecule has 2 aromatic carbocycles. The van der Waals surface area contributed by atoms with Crippen LogP contribution in [-0.4, -0.2) is 5.78 Å². The van der Waals surface area contributed by atoms with Gasteiger partial charge in [-0.15, -0.1) is 0 Å². The van der Waals surface area contributed by atoms with Crippen molar-refractivity contribution < 1.29 is 9.18 Å². The zero-order valence-electron chi connectivity index (χ0n) is 10.2. The highest BCUT2D eigenvalue weighted by atomic mass is 19.1. The number of ketones is 1. The van der Waals surface area contributed by atoms with Gasteiger partial charge in [-0.05, 0) is 42.3 Å². The van der Waals surface area contributed by atoms with Gasteiger partial charge in [0.1, 0.15) is 5.82 Å². The Morgan fingerprint density at radius 1 is 1.00 bits per heavy atom. The summed E-state index contributed by atoms with van der Waals surface area (Å²) in [4.78, 5) is 11.5. The topological polar surface area (TPSA) is 17.1 Å². The van der Waals surface area contributed by atoms with Crippen LogP contribution >= 0.6 is 0 Å². The quantitative estimate of drug-likeness (QED) is 0.655. The Kier molecular flexibility index (Phi) is 2.89. The number of halogens is 1. The maximum Gasteiger partial charge on any atom is 0.163 e. The van der Waals surface area contributed by atoms with Crippen LogP contribution in [0.2, 0.25) is 0 Å². The monoisotopic (exact) mass is 250 g/mol. The summed E-state index contributed by atoms with van der Waals surface area (Å²) in [5.74, 6) is 5.65. The highest BCUT2D eigenvalue weighted by Crippen LogP contribution is 2.22. The second kappa shape index (κ2) is 4.70. The van der Waals surface area contributed by atoms with Crippen LogP contribution in [0.25, 0.3) is 0 Å². The summed E-state index contributed by atoms with van der Waals surface area (Å²) in [6, 6.07) is 12.0. The van der Waals surface area contributed by atoms with Crippen molar-refractivity contribution in [3.63, 3.8) is 0 Å². The van der Waals surface area contributed by atoms with E-state index in [4.69, 9.17) is 0 Å². The van der Waals surface area contributed by atoms with E-state index >= 15 is 0 Å². The third kappa shape index (κ3) is 2.28. The van der Waals surface area contributed by atoms with E-state index < -0.39 is 0 Å². The molecule has 1 aliphatic carbocycles. The molecule has 0 heterocycles. The van der Waals surface area contributed by atoms with E-state index in [0.29, 0.717) is 12.0 Å². The Hall–Kier alpha value is -2.40. The lowest BCUT2D eigenvalue weighted by molar-refractivity contribution is 0.0994. The second-order valence-corrected chi connectivity index (χ2v) is 4.52. The summed E-state index contributed by atoms with van der Waals surface area (Å²) < 4.78 is 13.4. The van der Waals surface area contributed by atoms with Gasteiger partial charge in [-0.1, -0.05) is 24.0 Å². The average molecular weight is 250 g/mol. The molecule has 2 aromatic rings. The van der Waals surface area contributed by atoms with Gasteiger partial charge in [-0.3, -0.25) is 4.79 Å². The smallest absolute Gasteiger partial charge is 0.163 e. The molecule has 0 aromatic heterocycles. The van der Waals surface area contributed by atoms with E-state index in [2.05, 4.69) is 11.8 Å². The Balaban J connectivity index is 1.94. The first-order chi connectivity index (χ1) is 9.24. The molecule has 0 atom stereocenters. The molecular formula is C17H11FO. The van der Waals surface area contributed by atoms with Gasteiger partial charge in [-0.2, -0.15) is 0 Å². The zero-order valence-corrected chi connectivity index (χ0v) is 10.2. The van der Waals surface area contributed by atoms with Gasteiger partial charge < -0.3 is 0 Å². The fraction of sp³-hybridized carbons (Fsp3) is 0.118. The summed E-state index contributed by atoms with van der Waals surface area (Å²) in [5.41, 5.74) is 3.05. The van der Waals surface area contributed by atoms with Crippen molar-refractivity contribution in [2.45, 2.75) is 12.8 Å². The maximum atomic E-state index is 13.4. The van der Waals surface area contributed by atoms with E-state index in [1.807, 2.05) is 18.2 Å². The first-order valence-electron chi connectivity index (χ1n) is 6.17. The molecular weight excluding hydrogens is 239 g/mol. The standard InChI is InChI=1S/C17H11FO/c18-16-4-2-1-3-13(16)7-5-12-6-9-15-14(11-12)8-10-17(15)19/h1-4,6,9,11H,8,10H2. The lowest BCUT2D eigenvalue weighted by Gasteiger charge is -1.97. The van der Waals surface area contributed by atoms with Crippen LogP contribution < -0.4 is 0 Å². The van der Waals surface area contributed by atoms with Crippen LogP contribution in [0, 0.1) is 17.7 Å². The van der Waals surface area contributed by atoms with Gasteiger partial charge in [0.25, 0.3) is 0 Å². The maximum absolute atomic E-state index is 13.4. The molecule has 0 unspecified atom stereocenters. The molecule has 1 aliphatic rings. The molecule has 0 saturated carbocycles. The predicted octanol–water partition coefficient (Wildman–Crippen LogP) is 3.35. The first-order valence-corrected chi connectivity index (χ1v) is 6.17. The summed E-state index contributed by atoms with van der Waals surface area (Å²) in [5, 5.41) is 0. The van der Waals surface area contributed by atoms with Crippen molar-refractivity contribution in [1.82, 2.24) is 0 Å². The highest BCUT2D eigenvalue weighted by molar-refractivity contribution is 6.00. The largest absolute Gasteiger partial charge is 0.294 e. The van der Waals surface area contributed by atoms with Crippen molar-refractivity contribution in [2.75, 3.05) is 0 Å². The third-order valence-electron chi connectivity index (χ3n) is 3.24. The van der Waals surface area contributed by atoms with E-state index in [9.17, 15) is 9.18 Å². The Labute approximate surface area is 111 Å². The van der Waals surface area contributed by atoms with E-state index in [1.165, 1.54) is 6.07 Å². The lowest BCUT2D eigenvalue weighted by atomic mass is 10.1. The number of hydrogen-bond acceptors (Lipinski definition) is 1. The van der Waals surface area contributed by atoms with E-state index in [0.717, 1.165) is 23.1 Å². The molecule has 0 radical (unpaired) electrons. The number of carbonyl (C=O) groups excluding carboxylic acids is 1. The van der Waals surface area contributed by atoms with Crippen LogP contribution in [0.4, 0.5) is 4.39 Å². The molecule has 19 heavy (non-hydrogen) atoms. The average Bonchev–Trinajstić information content (AvgIpc) is 2.79. The fourth-order valence-electron chi connectivity index (χ4n) is 2.24. The number of rotatable bonds is 0. The van der Waals surface area contributed by atoms with E-state index in [1.54, 1.807) is 18.2 Å². The number of fused-ring (bicyclic) bond motifs is 1. The second-order valence-electron chi connectivity index (χ2n) is 4.52. The SMILES string of the molecule is O=C1CCc2cc(C#Cc3ccccc3F)ccc21. The van der Waals surface area contributed by atoms with Gasteiger partial charge in [0.2, 0.25) is 0 Å². The first kappa shape index (κ1) is 11.7. The van der Waals surface area contributed by atoms with Crippen molar-refractivity contribution in [3.05, 3.63) is 70.5 Å². The molecule has 0 aliphatic heterocycles. The molecule has 3 rings (SSSR count). The summed E-state index contributed by atoms with van der Waals surface area (Å²) >= 11 is 0. The molecule has 2 heteroatoms. The van der Waals surface area contributed by atoms with Crippen LogP contribution in [0.3, 0.4) is 0 Å². The number of aryl methyl sites for hydroxylation is 1. The number of hydrogen-bond donors (Lipinski definition) is 0. The van der Waals surface area contributed by atoms with Crippen LogP contribution in [-0.2, 0) is 6.42 Å². The highest BCUT2D eigenvalue weighted by Gasteiger charge is 2.18. The summed E-state index contributed by atoms with van der Waals surface area (Å²) in [7, 11) is 0. The molecule has 0 bridgehead atoms.